The van der Waals surface area contributed by atoms with Crippen molar-refractivity contribution in [1.29, 1.82) is 0 Å². The van der Waals surface area contributed by atoms with E-state index in [1.165, 1.54) is 0 Å². The van der Waals surface area contributed by atoms with Gasteiger partial charge in [-0.1, -0.05) is 30.3 Å². The van der Waals surface area contributed by atoms with E-state index in [9.17, 15) is 4.79 Å². The fourth-order valence-corrected chi connectivity index (χ4v) is 2.20. The molecule has 0 heterocycles. The Morgan fingerprint density at radius 1 is 1.00 bits per heavy atom. The number of ether oxygens (including phenoxy) is 3. The molecule has 2 aromatic rings. The van der Waals surface area contributed by atoms with Gasteiger partial charge in [0.2, 0.25) is 0 Å². The van der Waals surface area contributed by atoms with Gasteiger partial charge in [-0.3, -0.25) is 4.79 Å². The molecule has 128 valence electrons. The van der Waals surface area contributed by atoms with Crippen LogP contribution in [0, 0.1) is 0 Å². The molecule has 5 heteroatoms. The van der Waals surface area contributed by atoms with Crippen molar-refractivity contribution in [1.82, 2.24) is 5.32 Å². The monoisotopic (exact) mass is 329 g/mol. The van der Waals surface area contributed by atoms with Crippen LogP contribution in [-0.2, 0) is 4.74 Å². The van der Waals surface area contributed by atoms with Crippen molar-refractivity contribution in [3.63, 3.8) is 0 Å². The Balaban J connectivity index is 1.87. The molecule has 0 saturated carbocycles. The lowest BCUT2D eigenvalue weighted by Crippen LogP contribution is -2.35. The molecule has 2 rings (SSSR count). The number of amides is 1. The fraction of sp³-hybridized carbons (Fsp3) is 0.316. The molecule has 2 aromatic carbocycles. The second-order valence-electron chi connectivity index (χ2n) is 5.34. The molecular formula is C19H23NO4. The van der Waals surface area contributed by atoms with Gasteiger partial charge in [-0.15, -0.1) is 0 Å². The van der Waals surface area contributed by atoms with Crippen LogP contribution < -0.4 is 14.8 Å². The molecule has 0 saturated heterocycles. The average molecular weight is 329 g/mol. The number of hydrogen-bond acceptors (Lipinski definition) is 4. The summed E-state index contributed by atoms with van der Waals surface area (Å²) in [7, 11) is 1.60. The quantitative estimate of drug-likeness (QED) is 0.719. The molecule has 1 N–H and O–H groups in total. The van der Waals surface area contributed by atoms with Crippen LogP contribution in [0.4, 0.5) is 0 Å². The van der Waals surface area contributed by atoms with E-state index >= 15 is 0 Å². The maximum Gasteiger partial charge on any atom is 0.255 e. The van der Waals surface area contributed by atoms with Crippen LogP contribution in [-0.4, -0.2) is 38.9 Å². The third-order valence-electron chi connectivity index (χ3n) is 3.28. The van der Waals surface area contributed by atoms with Crippen molar-refractivity contribution in [2.45, 2.75) is 13.0 Å². The zero-order valence-electron chi connectivity index (χ0n) is 14.0. The second-order valence-corrected chi connectivity index (χ2v) is 5.34. The number of benzene rings is 2. The average Bonchev–Trinajstić information content (AvgIpc) is 2.60. The largest absolute Gasteiger partial charge is 0.490 e. The van der Waals surface area contributed by atoms with Gasteiger partial charge in [-0.25, -0.2) is 0 Å². The number of methoxy groups -OCH3 is 1. The van der Waals surface area contributed by atoms with Crippen LogP contribution in [0.15, 0.2) is 54.6 Å². The third-order valence-corrected chi connectivity index (χ3v) is 3.28. The molecule has 5 nitrogen and oxygen atoms in total. The zero-order valence-corrected chi connectivity index (χ0v) is 14.0. The summed E-state index contributed by atoms with van der Waals surface area (Å²) in [5.74, 6) is 1.15. The van der Waals surface area contributed by atoms with Gasteiger partial charge >= 0.3 is 0 Å². The van der Waals surface area contributed by atoms with Crippen LogP contribution in [0.25, 0.3) is 0 Å². The van der Waals surface area contributed by atoms with Crippen molar-refractivity contribution < 1.29 is 19.0 Å². The maximum atomic E-state index is 12.3. The number of hydrogen-bond donors (Lipinski definition) is 1. The van der Waals surface area contributed by atoms with E-state index in [1.54, 1.807) is 19.2 Å². The topological polar surface area (TPSA) is 56.8 Å². The summed E-state index contributed by atoms with van der Waals surface area (Å²) in [6.07, 6.45) is 0. The van der Waals surface area contributed by atoms with Gasteiger partial charge < -0.3 is 19.5 Å². The number of para-hydroxylation sites is 2. The summed E-state index contributed by atoms with van der Waals surface area (Å²) in [5.41, 5.74) is 0.500. The Morgan fingerprint density at radius 2 is 1.67 bits per heavy atom. The highest BCUT2D eigenvalue weighted by Gasteiger charge is 2.14. The van der Waals surface area contributed by atoms with Gasteiger partial charge in [-0.05, 0) is 31.2 Å². The van der Waals surface area contributed by atoms with Gasteiger partial charge in [0.1, 0.15) is 24.7 Å². The Labute approximate surface area is 142 Å². The lowest BCUT2D eigenvalue weighted by Gasteiger charge is -2.15. The number of rotatable bonds is 9. The van der Waals surface area contributed by atoms with E-state index in [4.69, 9.17) is 14.2 Å². The third kappa shape index (κ3) is 5.59. The first-order valence-corrected chi connectivity index (χ1v) is 7.90. The fourth-order valence-electron chi connectivity index (χ4n) is 2.20. The minimum absolute atomic E-state index is 0.0722. The van der Waals surface area contributed by atoms with Gasteiger partial charge in [0.05, 0.1) is 12.2 Å². The van der Waals surface area contributed by atoms with Crippen LogP contribution in [0.1, 0.15) is 17.3 Å². The molecule has 0 aliphatic carbocycles. The van der Waals surface area contributed by atoms with Crippen molar-refractivity contribution in [2.75, 3.05) is 26.9 Å². The van der Waals surface area contributed by atoms with E-state index < -0.39 is 0 Å². The van der Waals surface area contributed by atoms with Gasteiger partial charge in [0.15, 0.2) is 0 Å². The maximum absolute atomic E-state index is 12.3. The van der Waals surface area contributed by atoms with Gasteiger partial charge in [0, 0.05) is 13.2 Å². The molecule has 1 atom stereocenters. The Bertz CT molecular complexity index is 630. The van der Waals surface area contributed by atoms with E-state index in [0.29, 0.717) is 31.1 Å². The summed E-state index contributed by atoms with van der Waals surface area (Å²) >= 11 is 0. The zero-order chi connectivity index (χ0) is 17.2. The summed E-state index contributed by atoms with van der Waals surface area (Å²) in [6, 6.07) is 16.6. The summed E-state index contributed by atoms with van der Waals surface area (Å²) < 4.78 is 16.3. The highest BCUT2D eigenvalue weighted by atomic mass is 16.5. The second kappa shape index (κ2) is 9.57. The first-order valence-electron chi connectivity index (χ1n) is 7.90. The SMILES string of the molecule is COCC(C)NC(=O)c1ccccc1OCCOc1ccccc1. The highest BCUT2D eigenvalue weighted by Crippen LogP contribution is 2.18. The minimum Gasteiger partial charge on any atom is -0.490 e. The van der Waals surface area contributed by atoms with E-state index in [2.05, 4.69) is 5.32 Å². The van der Waals surface area contributed by atoms with Crippen molar-refractivity contribution in [3.8, 4) is 11.5 Å². The standard InChI is InChI=1S/C19H23NO4/c1-15(14-22-2)20-19(21)17-10-6-7-11-18(17)24-13-12-23-16-8-4-3-5-9-16/h3-11,15H,12-14H2,1-2H3,(H,20,21). The molecule has 24 heavy (non-hydrogen) atoms. The lowest BCUT2D eigenvalue weighted by atomic mass is 10.1. The number of carbonyl (C=O) groups excluding carboxylic acids is 1. The predicted octanol–water partition coefficient (Wildman–Crippen LogP) is 2.91. The van der Waals surface area contributed by atoms with E-state index in [0.717, 1.165) is 5.75 Å². The molecule has 0 bridgehead atoms. The van der Waals surface area contributed by atoms with E-state index in [-0.39, 0.29) is 11.9 Å². The Hall–Kier alpha value is -2.53. The highest BCUT2D eigenvalue weighted by molar-refractivity contribution is 5.97. The van der Waals surface area contributed by atoms with Crippen molar-refractivity contribution in [3.05, 3.63) is 60.2 Å². The van der Waals surface area contributed by atoms with Crippen LogP contribution in [0.3, 0.4) is 0 Å². The molecule has 0 fully saturated rings. The van der Waals surface area contributed by atoms with Gasteiger partial charge in [-0.2, -0.15) is 0 Å². The molecule has 0 spiro atoms. The smallest absolute Gasteiger partial charge is 0.255 e. The summed E-state index contributed by atoms with van der Waals surface area (Å²) in [6.45, 7) is 3.10. The van der Waals surface area contributed by atoms with Crippen LogP contribution in [0.2, 0.25) is 0 Å². The molecule has 1 unspecified atom stereocenters. The first-order chi connectivity index (χ1) is 11.7. The molecule has 0 aliphatic heterocycles. The molecule has 0 aromatic heterocycles. The summed E-state index contributed by atoms with van der Waals surface area (Å²) in [5, 5.41) is 2.88. The normalized spacial score (nSPS) is 11.6. The van der Waals surface area contributed by atoms with Crippen molar-refractivity contribution in [2.24, 2.45) is 0 Å². The van der Waals surface area contributed by atoms with E-state index in [1.807, 2.05) is 49.4 Å². The molecule has 1 amide bonds. The summed E-state index contributed by atoms with van der Waals surface area (Å²) in [4.78, 5) is 12.3. The minimum atomic E-state index is -0.181. The predicted molar refractivity (Wildman–Crippen MR) is 92.7 cm³/mol. The van der Waals surface area contributed by atoms with Crippen LogP contribution >= 0.6 is 0 Å². The number of carbonyl (C=O) groups is 1. The Morgan fingerprint density at radius 3 is 2.42 bits per heavy atom. The molecular weight excluding hydrogens is 306 g/mol. The Kier molecular flexibility index (Phi) is 7.11. The lowest BCUT2D eigenvalue weighted by molar-refractivity contribution is 0.0900. The van der Waals surface area contributed by atoms with Gasteiger partial charge in [0.25, 0.3) is 5.91 Å². The van der Waals surface area contributed by atoms with Crippen molar-refractivity contribution >= 4 is 5.91 Å². The molecule has 0 radical (unpaired) electrons. The first kappa shape index (κ1) is 17.8. The number of nitrogens with one attached hydrogen (secondary N) is 1. The van der Waals surface area contributed by atoms with Crippen LogP contribution in [0.5, 0.6) is 11.5 Å². The molecule has 0 aliphatic rings.